The molecule has 39 valence electrons. The molecule has 0 bridgehead atoms. The molecule has 5 heteroatoms. The summed E-state index contributed by atoms with van der Waals surface area (Å²) in [6.45, 7) is 0. The summed E-state index contributed by atoms with van der Waals surface area (Å²) in [5.41, 5.74) is 0. The fourth-order valence-corrected chi connectivity index (χ4v) is 0.667. The van der Waals surface area contributed by atoms with Crippen molar-refractivity contribution in [3.63, 3.8) is 0 Å². The van der Waals surface area contributed by atoms with E-state index in [0.29, 0.717) is 4.43 Å². The summed E-state index contributed by atoms with van der Waals surface area (Å²) < 4.78 is 0.525. The molecular formula is C2H3BI2NO. The molecule has 0 saturated carbocycles. The Morgan fingerprint density at radius 3 is 2.57 bits per heavy atom. The van der Waals surface area contributed by atoms with Gasteiger partial charge in [0.1, 0.15) is 0 Å². The van der Waals surface area contributed by atoms with E-state index in [1.54, 1.807) is 5.27 Å². The minimum atomic E-state index is 0.0509. The van der Waals surface area contributed by atoms with Crippen molar-refractivity contribution in [2.75, 3.05) is 4.43 Å². The predicted octanol–water partition coefficient (Wildman–Crippen LogP) is 0.507. The lowest BCUT2D eigenvalue weighted by molar-refractivity contribution is -0.116. The molecule has 0 spiro atoms. The van der Waals surface area contributed by atoms with Gasteiger partial charge in [0.15, 0.2) is 0 Å². The van der Waals surface area contributed by atoms with Crippen LogP contribution < -0.4 is 5.23 Å². The Kier molecular flexibility index (Phi) is 5.87. The zero-order valence-electron chi connectivity index (χ0n) is 3.45. The molecule has 1 amide bonds. The Labute approximate surface area is 70.1 Å². The molecule has 0 aromatic heterocycles. The second kappa shape index (κ2) is 5.14. The van der Waals surface area contributed by atoms with Crippen LogP contribution in [0.4, 0.5) is 0 Å². The molecule has 7 heavy (non-hydrogen) atoms. The Hall–Kier alpha value is 0.995. The minimum absolute atomic E-state index is 0.0509. The summed E-state index contributed by atoms with van der Waals surface area (Å²) in [5.74, 6) is 0.0509. The number of halogens is 2. The van der Waals surface area contributed by atoms with Gasteiger partial charge in [0.2, 0.25) is 5.91 Å². The van der Waals surface area contributed by atoms with Crippen molar-refractivity contribution in [1.29, 1.82) is 0 Å². The van der Waals surface area contributed by atoms with E-state index in [1.165, 1.54) is 0 Å². The van der Waals surface area contributed by atoms with Gasteiger partial charge in [-0.2, -0.15) is 0 Å². The Morgan fingerprint density at radius 2 is 2.43 bits per heavy atom. The van der Waals surface area contributed by atoms with Crippen LogP contribution in [0, 0.1) is 0 Å². The normalized spacial score (nSPS) is 7.71. The third-order valence-corrected chi connectivity index (χ3v) is 1.34. The van der Waals surface area contributed by atoms with Crippen LogP contribution in [0.1, 0.15) is 0 Å². The van der Waals surface area contributed by atoms with E-state index < -0.39 is 0 Å². The van der Waals surface area contributed by atoms with Crippen LogP contribution >= 0.6 is 45.0 Å². The second-order valence-corrected chi connectivity index (χ2v) is 2.20. The molecule has 0 aliphatic rings. The molecule has 0 saturated heterocycles. The maximum atomic E-state index is 10.3. The van der Waals surface area contributed by atoms with Crippen molar-refractivity contribution in [2.45, 2.75) is 0 Å². The molecule has 0 aliphatic heterocycles. The van der Waals surface area contributed by atoms with E-state index in [4.69, 9.17) is 0 Å². The topological polar surface area (TPSA) is 29.1 Å². The fraction of sp³-hybridized carbons (Fsp3) is 0.500. The van der Waals surface area contributed by atoms with Gasteiger partial charge in [-0.1, -0.05) is 22.6 Å². The third kappa shape index (κ3) is 4.86. The van der Waals surface area contributed by atoms with Crippen molar-refractivity contribution in [1.82, 2.24) is 5.23 Å². The van der Waals surface area contributed by atoms with E-state index in [-0.39, 0.29) is 5.91 Å². The van der Waals surface area contributed by atoms with Gasteiger partial charge in [0.05, 0.1) is 4.43 Å². The van der Waals surface area contributed by atoms with Crippen LogP contribution in [-0.4, -0.2) is 15.6 Å². The van der Waals surface area contributed by atoms with Crippen molar-refractivity contribution in [2.24, 2.45) is 0 Å². The Bertz CT molecular complexity index is 68.7. The van der Waals surface area contributed by atoms with Crippen molar-refractivity contribution in [3.05, 3.63) is 0 Å². The van der Waals surface area contributed by atoms with Crippen molar-refractivity contribution < 1.29 is 4.79 Å². The molecule has 0 aromatic carbocycles. The van der Waals surface area contributed by atoms with E-state index >= 15 is 0 Å². The van der Waals surface area contributed by atoms with Crippen LogP contribution in [0.15, 0.2) is 0 Å². The van der Waals surface area contributed by atoms with Gasteiger partial charge >= 0.3 is 5.27 Å². The number of carbonyl (C=O) groups excluding carboxylic acids is 1. The van der Waals surface area contributed by atoms with Crippen molar-refractivity contribution >= 4 is 56.1 Å². The lowest BCUT2D eigenvalue weighted by atomic mass is 10.4. The van der Waals surface area contributed by atoms with Gasteiger partial charge < -0.3 is 5.23 Å². The molecule has 0 rings (SSSR count). The molecule has 2 nitrogen and oxygen atoms in total. The lowest BCUT2D eigenvalue weighted by Gasteiger charge is -1.90. The third-order valence-electron chi connectivity index (χ3n) is 0.337. The minimum Gasteiger partial charge on any atom is -0.392 e. The number of carbonyl (C=O) groups is 1. The van der Waals surface area contributed by atoms with E-state index in [9.17, 15) is 4.79 Å². The summed E-state index contributed by atoms with van der Waals surface area (Å²) in [7, 11) is 0. The number of amides is 1. The summed E-state index contributed by atoms with van der Waals surface area (Å²) in [5, 5.41) is 4.11. The summed E-state index contributed by atoms with van der Waals surface area (Å²) >= 11 is 3.97. The molecule has 0 heterocycles. The first-order valence-corrected chi connectivity index (χ1v) is 4.35. The van der Waals surface area contributed by atoms with Crippen molar-refractivity contribution in [3.8, 4) is 0 Å². The number of hydrogen-bond donors (Lipinski definition) is 1. The zero-order chi connectivity index (χ0) is 5.70. The average Bonchev–Trinajstić information content (AvgIpc) is 1.68. The highest BCUT2D eigenvalue weighted by atomic mass is 127. The Morgan fingerprint density at radius 1 is 1.86 bits per heavy atom. The van der Waals surface area contributed by atoms with Crippen LogP contribution in [0.3, 0.4) is 0 Å². The number of nitrogens with one attached hydrogen (secondary N) is 1. The quantitative estimate of drug-likeness (QED) is 0.448. The zero-order valence-corrected chi connectivity index (χ0v) is 7.76. The van der Waals surface area contributed by atoms with Crippen LogP contribution in [-0.2, 0) is 4.79 Å². The maximum Gasteiger partial charge on any atom is 0.330 e. The van der Waals surface area contributed by atoms with Crippen LogP contribution in [0.25, 0.3) is 0 Å². The number of rotatable bonds is 2. The Balaban J connectivity index is 3.00. The molecule has 0 aliphatic carbocycles. The van der Waals surface area contributed by atoms with Crippen LogP contribution in [0.2, 0.25) is 0 Å². The van der Waals surface area contributed by atoms with Gasteiger partial charge in [-0.25, -0.2) is 0 Å². The average molecular weight is 322 g/mol. The largest absolute Gasteiger partial charge is 0.392 e. The first-order chi connectivity index (χ1) is 3.31. The SMILES string of the molecule is O=C(CI)N[B]I. The number of hydrogen-bond acceptors (Lipinski definition) is 1. The molecule has 0 atom stereocenters. The van der Waals surface area contributed by atoms with Gasteiger partial charge in [-0.3, -0.25) is 4.79 Å². The molecular weight excluding hydrogens is 319 g/mol. The summed E-state index contributed by atoms with van der Waals surface area (Å²) in [6.07, 6.45) is 0. The molecule has 0 aromatic rings. The molecule has 1 N–H and O–H groups in total. The van der Waals surface area contributed by atoms with Gasteiger partial charge in [-0.15, -0.1) is 22.4 Å². The first kappa shape index (κ1) is 7.99. The molecule has 0 fully saturated rings. The molecule has 0 unspecified atom stereocenters. The van der Waals surface area contributed by atoms with Gasteiger partial charge in [0, 0.05) is 0 Å². The highest BCUT2D eigenvalue weighted by Gasteiger charge is 1.92. The monoisotopic (exact) mass is 322 g/mol. The number of alkyl halides is 1. The molecule has 1 radical (unpaired) electrons. The summed E-state index contributed by atoms with van der Waals surface area (Å²) in [6, 6.07) is 0. The second-order valence-electron chi connectivity index (χ2n) is 0.810. The highest BCUT2D eigenvalue weighted by Crippen LogP contribution is 1.79. The smallest absolute Gasteiger partial charge is 0.330 e. The predicted molar refractivity (Wildman–Crippen MR) is 46.8 cm³/mol. The first-order valence-electron chi connectivity index (χ1n) is 1.58. The lowest BCUT2D eigenvalue weighted by Crippen LogP contribution is -2.24. The van der Waals surface area contributed by atoms with E-state index in [1.807, 2.05) is 45.0 Å². The summed E-state index contributed by atoms with van der Waals surface area (Å²) in [4.78, 5) is 10.3. The van der Waals surface area contributed by atoms with E-state index in [2.05, 4.69) is 5.23 Å². The van der Waals surface area contributed by atoms with E-state index in [0.717, 1.165) is 0 Å². The van der Waals surface area contributed by atoms with Gasteiger partial charge in [-0.05, 0) is 0 Å². The van der Waals surface area contributed by atoms with Gasteiger partial charge in [0.25, 0.3) is 0 Å². The van der Waals surface area contributed by atoms with Crippen LogP contribution in [0.5, 0.6) is 0 Å². The fourth-order valence-electron chi connectivity index (χ4n) is 0.0994. The highest BCUT2D eigenvalue weighted by molar-refractivity contribution is 14.1. The maximum absolute atomic E-state index is 10.3. The standard InChI is InChI=1S/C2H3BI2NO/c4-1-2(7)6-3-5/h1H2,(H,6,7).